The molecule has 60 heavy (non-hydrogen) atoms. The molecular weight excluding hydrogens is 753 g/mol. The SMILES string of the molecule is CCCCCCC1C=CC(CCCCCCCC(=O)NCCC[N+](C)(C)CC(=O)O)C(C=CCCCCCCCC(=O)NCCC[N+](C)(C)CC(=O)O)C1CCCCCC. The summed E-state index contributed by atoms with van der Waals surface area (Å²) in [6.45, 7) is 7.45. The fourth-order valence-corrected chi connectivity index (χ4v) is 9.13. The average molecular weight is 847 g/mol. The Hall–Kier alpha value is -2.72. The van der Waals surface area contributed by atoms with E-state index in [1.54, 1.807) is 0 Å². The molecule has 2 amide bonds. The highest BCUT2D eigenvalue weighted by atomic mass is 16.4. The molecule has 4 atom stereocenters. The standard InChI is InChI=1S/C50H92N4O6/c1-7-9-11-21-29-43-35-36-44(30-22-17-16-20-26-34-48(56)52-38-28-40-54(5,6)42-50(59)60)46(45(43)31-23-12-10-8-2)32-24-18-14-13-15-19-25-33-47(55)51-37-27-39-53(3,4)41-49(57)58/h24,32,35-36,43-46H,7-23,25-31,33-34,37-42H2,1-6H3,(H2-2,51,52,55,56,57,58,59,60)/p+2. The third-order valence-electron chi connectivity index (χ3n) is 12.7. The van der Waals surface area contributed by atoms with Crippen LogP contribution in [0.4, 0.5) is 0 Å². The maximum absolute atomic E-state index is 12.4. The van der Waals surface area contributed by atoms with Crippen molar-refractivity contribution in [2.24, 2.45) is 23.7 Å². The number of amides is 2. The Kier molecular flexibility index (Phi) is 31.2. The summed E-state index contributed by atoms with van der Waals surface area (Å²) in [6, 6.07) is 0. The molecule has 0 aromatic heterocycles. The van der Waals surface area contributed by atoms with Crippen LogP contribution in [0.3, 0.4) is 0 Å². The van der Waals surface area contributed by atoms with Crippen LogP contribution in [0, 0.1) is 23.7 Å². The smallest absolute Gasteiger partial charge is 0.359 e. The summed E-state index contributed by atoms with van der Waals surface area (Å²) in [5.41, 5.74) is 0. The second kappa shape index (κ2) is 33.8. The molecule has 10 heteroatoms. The van der Waals surface area contributed by atoms with E-state index in [9.17, 15) is 19.2 Å². The van der Waals surface area contributed by atoms with E-state index < -0.39 is 11.9 Å². The first kappa shape index (κ1) is 55.3. The van der Waals surface area contributed by atoms with Gasteiger partial charge in [0.1, 0.15) is 0 Å². The third kappa shape index (κ3) is 29.5. The van der Waals surface area contributed by atoms with Crippen molar-refractivity contribution in [3.05, 3.63) is 24.3 Å². The minimum atomic E-state index is -0.795. The molecule has 1 aliphatic rings. The zero-order chi connectivity index (χ0) is 44.5. The summed E-state index contributed by atoms with van der Waals surface area (Å²) >= 11 is 0. The van der Waals surface area contributed by atoms with Crippen LogP contribution in [0.25, 0.3) is 0 Å². The van der Waals surface area contributed by atoms with Gasteiger partial charge in [0.15, 0.2) is 13.1 Å². The zero-order valence-electron chi connectivity index (χ0n) is 39.7. The number of unbranched alkanes of at least 4 members (excludes halogenated alkanes) is 15. The molecule has 0 aromatic rings. The number of nitrogens with one attached hydrogen (secondary N) is 2. The summed E-state index contributed by atoms with van der Waals surface area (Å²) < 4.78 is 0.844. The maximum Gasteiger partial charge on any atom is 0.359 e. The lowest BCUT2D eigenvalue weighted by Gasteiger charge is -2.39. The first-order valence-electron chi connectivity index (χ1n) is 24.7. The number of carboxylic acid groups (broad SMARTS) is 2. The Bertz CT molecular complexity index is 1220. The van der Waals surface area contributed by atoms with Crippen LogP contribution in [0.5, 0.6) is 0 Å². The van der Waals surface area contributed by atoms with Crippen molar-refractivity contribution in [1.29, 1.82) is 0 Å². The fraction of sp³-hybridized carbons (Fsp3) is 0.840. The van der Waals surface area contributed by atoms with Gasteiger partial charge in [-0.15, -0.1) is 0 Å². The third-order valence-corrected chi connectivity index (χ3v) is 12.7. The lowest BCUT2D eigenvalue weighted by molar-refractivity contribution is -0.883. The molecule has 1 rings (SSSR count). The molecular formula is C50H94N4O6+2. The first-order chi connectivity index (χ1) is 28.7. The molecule has 0 bridgehead atoms. The van der Waals surface area contributed by atoms with Crippen molar-refractivity contribution in [3.8, 4) is 0 Å². The van der Waals surface area contributed by atoms with Crippen LogP contribution in [0.15, 0.2) is 24.3 Å². The Balaban J connectivity index is 2.58. The van der Waals surface area contributed by atoms with Crippen LogP contribution >= 0.6 is 0 Å². The maximum atomic E-state index is 12.4. The monoisotopic (exact) mass is 847 g/mol. The van der Waals surface area contributed by atoms with Crippen molar-refractivity contribution < 1.29 is 38.4 Å². The number of nitrogens with zero attached hydrogens (tertiary/aromatic N) is 2. The highest BCUT2D eigenvalue weighted by Crippen LogP contribution is 2.43. The number of hydrogen-bond acceptors (Lipinski definition) is 4. The molecule has 1 aliphatic carbocycles. The minimum absolute atomic E-state index is 0.0936. The van der Waals surface area contributed by atoms with Crippen molar-refractivity contribution in [2.75, 3.05) is 67.5 Å². The molecule has 4 N–H and O–H groups in total. The Morgan fingerprint density at radius 3 is 1.45 bits per heavy atom. The van der Waals surface area contributed by atoms with Gasteiger partial charge in [0, 0.05) is 38.8 Å². The van der Waals surface area contributed by atoms with E-state index in [2.05, 4.69) is 48.8 Å². The van der Waals surface area contributed by atoms with Gasteiger partial charge in [-0.2, -0.15) is 0 Å². The molecule has 4 unspecified atom stereocenters. The molecule has 348 valence electrons. The molecule has 0 saturated carbocycles. The summed E-state index contributed by atoms with van der Waals surface area (Å²) in [6.07, 6.45) is 39.9. The van der Waals surface area contributed by atoms with Gasteiger partial charge in [0.05, 0.1) is 41.3 Å². The van der Waals surface area contributed by atoms with Gasteiger partial charge in [-0.3, -0.25) is 9.59 Å². The van der Waals surface area contributed by atoms with Crippen LogP contribution in [0.2, 0.25) is 0 Å². The minimum Gasteiger partial charge on any atom is -0.477 e. The summed E-state index contributed by atoms with van der Waals surface area (Å²) in [5.74, 6) is 1.27. The zero-order valence-corrected chi connectivity index (χ0v) is 39.7. The van der Waals surface area contributed by atoms with Gasteiger partial charge in [-0.05, 0) is 68.6 Å². The summed E-state index contributed by atoms with van der Waals surface area (Å²) in [4.78, 5) is 46.7. The number of carbonyl (C=O) groups is 4. The van der Waals surface area contributed by atoms with Gasteiger partial charge >= 0.3 is 11.9 Å². The van der Waals surface area contributed by atoms with Gasteiger partial charge in [-0.25, -0.2) is 9.59 Å². The quantitative estimate of drug-likeness (QED) is 0.0277. The van der Waals surface area contributed by atoms with E-state index in [1.807, 2.05) is 28.2 Å². The summed E-state index contributed by atoms with van der Waals surface area (Å²) in [7, 11) is 7.65. The first-order valence-corrected chi connectivity index (χ1v) is 24.7. The Morgan fingerprint density at radius 1 is 0.533 bits per heavy atom. The fourth-order valence-electron chi connectivity index (χ4n) is 9.13. The predicted molar refractivity (Wildman–Crippen MR) is 249 cm³/mol. The molecule has 0 radical (unpaired) electrons. The normalized spacial score (nSPS) is 18.2. The lowest BCUT2D eigenvalue weighted by atomic mass is 9.66. The second-order valence-corrected chi connectivity index (χ2v) is 19.5. The largest absolute Gasteiger partial charge is 0.477 e. The van der Waals surface area contributed by atoms with Gasteiger partial charge in [0.25, 0.3) is 0 Å². The molecule has 0 heterocycles. The van der Waals surface area contributed by atoms with Crippen LogP contribution < -0.4 is 10.6 Å². The average Bonchev–Trinajstić information content (AvgIpc) is 3.17. The van der Waals surface area contributed by atoms with E-state index >= 15 is 0 Å². The number of rotatable bonds is 39. The predicted octanol–water partition coefficient (Wildman–Crippen LogP) is 10.3. The molecule has 10 nitrogen and oxygen atoms in total. The number of quaternary nitrogens is 2. The van der Waals surface area contributed by atoms with Gasteiger partial charge in [0.2, 0.25) is 11.8 Å². The van der Waals surface area contributed by atoms with Crippen molar-refractivity contribution in [1.82, 2.24) is 10.6 Å². The number of aliphatic carboxylic acids is 2. The van der Waals surface area contributed by atoms with Gasteiger partial charge < -0.3 is 29.8 Å². The van der Waals surface area contributed by atoms with E-state index in [1.165, 1.54) is 103 Å². The van der Waals surface area contributed by atoms with E-state index in [-0.39, 0.29) is 24.9 Å². The Morgan fingerprint density at radius 2 is 0.950 bits per heavy atom. The molecule has 0 saturated heterocycles. The van der Waals surface area contributed by atoms with Crippen LogP contribution in [0.1, 0.15) is 181 Å². The van der Waals surface area contributed by atoms with E-state index in [0.29, 0.717) is 52.7 Å². The number of carboxylic acids is 2. The van der Waals surface area contributed by atoms with E-state index in [4.69, 9.17) is 10.2 Å². The molecule has 0 aromatic carbocycles. The highest BCUT2D eigenvalue weighted by molar-refractivity contribution is 5.76. The molecule has 0 aliphatic heterocycles. The van der Waals surface area contributed by atoms with E-state index in [0.717, 1.165) is 70.4 Å². The number of likely N-dealkylation sites (N-methyl/N-ethyl adjacent to an activating group) is 2. The van der Waals surface area contributed by atoms with Crippen LogP contribution in [-0.4, -0.2) is 110 Å². The topological polar surface area (TPSA) is 133 Å². The van der Waals surface area contributed by atoms with Crippen LogP contribution in [-0.2, 0) is 19.2 Å². The van der Waals surface area contributed by atoms with Crippen molar-refractivity contribution in [3.63, 3.8) is 0 Å². The number of hydrogen-bond donors (Lipinski definition) is 4. The van der Waals surface area contributed by atoms with Crippen molar-refractivity contribution >= 4 is 23.8 Å². The lowest BCUT2D eigenvalue weighted by Crippen LogP contribution is -2.45. The number of allylic oxidation sites excluding steroid dienone is 4. The van der Waals surface area contributed by atoms with Gasteiger partial charge in [-0.1, -0.05) is 134 Å². The highest BCUT2D eigenvalue weighted by Gasteiger charge is 2.33. The molecule has 0 fully saturated rings. The number of carbonyl (C=O) groups excluding carboxylic acids is 2. The second-order valence-electron chi connectivity index (χ2n) is 19.5. The summed E-state index contributed by atoms with van der Waals surface area (Å²) in [5, 5.41) is 24.2. The van der Waals surface area contributed by atoms with Crippen molar-refractivity contribution in [2.45, 2.75) is 181 Å². The molecule has 0 spiro atoms. The Labute approximate surface area is 368 Å².